The molecule has 0 radical (unpaired) electrons. The fourth-order valence-electron chi connectivity index (χ4n) is 1.63. The molecule has 0 aliphatic rings. The molecular formula is C13H15BrFN3O. The molecule has 1 unspecified atom stereocenters. The Morgan fingerprint density at radius 2 is 2.21 bits per heavy atom. The number of rotatable bonds is 5. The van der Waals surface area contributed by atoms with Crippen LogP contribution in [0.1, 0.15) is 32.2 Å². The molecule has 19 heavy (non-hydrogen) atoms. The van der Waals surface area contributed by atoms with Gasteiger partial charge in [-0.15, -0.1) is 10.2 Å². The Kier molecular flexibility index (Phi) is 4.66. The molecule has 102 valence electrons. The first-order valence-electron chi connectivity index (χ1n) is 6.14. The van der Waals surface area contributed by atoms with Gasteiger partial charge in [0.1, 0.15) is 5.82 Å². The lowest BCUT2D eigenvalue weighted by molar-refractivity contribution is 0.423. The van der Waals surface area contributed by atoms with Gasteiger partial charge in [0.15, 0.2) is 0 Å². The van der Waals surface area contributed by atoms with E-state index in [1.165, 1.54) is 12.1 Å². The van der Waals surface area contributed by atoms with Crippen molar-refractivity contribution in [2.24, 2.45) is 0 Å². The standard InChI is InChI=1S/C13H15BrFN3O/c1-3-6-16-8(2)12-17-18-13(19-12)10-5-4-9(15)7-11(10)14/h4-5,7-8,16H,3,6H2,1-2H3. The maximum atomic E-state index is 13.0. The zero-order valence-corrected chi connectivity index (χ0v) is 12.4. The van der Waals surface area contributed by atoms with Crippen LogP contribution in [-0.4, -0.2) is 16.7 Å². The van der Waals surface area contributed by atoms with E-state index in [0.29, 0.717) is 21.8 Å². The SMILES string of the molecule is CCCNC(C)c1nnc(-c2ccc(F)cc2Br)o1. The lowest BCUT2D eigenvalue weighted by atomic mass is 10.2. The maximum Gasteiger partial charge on any atom is 0.248 e. The summed E-state index contributed by atoms with van der Waals surface area (Å²) in [5.41, 5.74) is 0.683. The van der Waals surface area contributed by atoms with Crippen LogP contribution in [0, 0.1) is 5.82 Å². The van der Waals surface area contributed by atoms with Crippen LogP contribution >= 0.6 is 15.9 Å². The van der Waals surface area contributed by atoms with Crippen LogP contribution in [0.2, 0.25) is 0 Å². The summed E-state index contributed by atoms with van der Waals surface area (Å²) < 4.78 is 19.2. The van der Waals surface area contributed by atoms with E-state index in [9.17, 15) is 4.39 Å². The third kappa shape index (κ3) is 3.39. The number of nitrogens with one attached hydrogen (secondary N) is 1. The van der Waals surface area contributed by atoms with E-state index < -0.39 is 0 Å². The first-order valence-corrected chi connectivity index (χ1v) is 6.93. The fourth-order valence-corrected chi connectivity index (χ4v) is 2.15. The van der Waals surface area contributed by atoms with Crippen LogP contribution in [-0.2, 0) is 0 Å². The van der Waals surface area contributed by atoms with Crippen molar-refractivity contribution >= 4 is 15.9 Å². The number of nitrogens with zero attached hydrogens (tertiary/aromatic N) is 2. The van der Waals surface area contributed by atoms with Crippen LogP contribution in [0.25, 0.3) is 11.5 Å². The molecule has 0 aliphatic heterocycles. The Morgan fingerprint density at radius 1 is 1.42 bits per heavy atom. The van der Waals surface area contributed by atoms with Gasteiger partial charge in [-0.05, 0) is 54.0 Å². The number of hydrogen-bond acceptors (Lipinski definition) is 4. The Bertz CT molecular complexity index is 559. The molecule has 0 fully saturated rings. The molecular weight excluding hydrogens is 313 g/mol. The molecule has 0 aliphatic carbocycles. The number of aromatic nitrogens is 2. The summed E-state index contributed by atoms with van der Waals surface area (Å²) in [4.78, 5) is 0. The molecule has 2 rings (SSSR count). The molecule has 1 N–H and O–H groups in total. The van der Waals surface area contributed by atoms with Crippen molar-refractivity contribution in [1.29, 1.82) is 0 Å². The van der Waals surface area contributed by atoms with Crippen molar-refractivity contribution in [3.05, 3.63) is 34.4 Å². The van der Waals surface area contributed by atoms with Crippen LogP contribution in [0.15, 0.2) is 27.1 Å². The van der Waals surface area contributed by atoms with Crippen LogP contribution < -0.4 is 5.32 Å². The summed E-state index contributed by atoms with van der Waals surface area (Å²) >= 11 is 3.29. The summed E-state index contributed by atoms with van der Waals surface area (Å²) in [6.07, 6.45) is 1.04. The number of hydrogen-bond donors (Lipinski definition) is 1. The minimum Gasteiger partial charge on any atom is -0.419 e. The van der Waals surface area contributed by atoms with Crippen molar-refractivity contribution in [1.82, 2.24) is 15.5 Å². The highest BCUT2D eigenvalue weighted by Gasteiger charge is 2.16. The molecule has 0 saturated heterocycles. The molecule has 6 heteroatoms. The fraction of sp³-hybridized carbons (Fsp3) is 0.385. The summed E-state index contributed by atoms with van der Waals surface area (Å²) in [6.45, 7) is 4.94. The monoisotopic (exact) mass is 327 g/mol. The van der Waals surface area contributed by atoms with Crippen LogP contribution in [0.5, 0.6) is 0 Å². The summed E-state index contributed by atoms with van der Waals surface area (Å²) in [7, 11) is 0. The molecule has 2 aromatic rings. The predicted molar refractivity (Wildman–Crippen MR) is 74.1 cm³/mol. The molecule has 4 nitrogen and oxygen atoms in total. The smallest absolute Gasteiger partial charge is 0.248 e. The normalized spacial score (nSPS) is 12.6. The summed E-state index contributed by atoms with van der Waals surface area (Å²) in [5, 5.41) is 11.3. The molecule has 0 amide bonds. The first kappa shape index (κ1) is 14.1. The highest BCUT2D eigenvalue weighted by molar-refractivity contribution is 9.10. The number of benzene rings is 1. The molecule has 0 saturated carbocycles. The third-order valence-corrected chi connectivity index (χ3v) is 3.33. The van der Waals surface area contributed by atoms with Crippen molar-refractivity contribution < 1.29 is 8.81 Å². The Hall–Kier alpha value is -1.27. The van der Waals surface area contributed by atoms with Gasteiger partial charge in [0.05, 0.1) is 11.6 Å². The highest BCUT2D eigenvalue weighted by Crippen LogP contribution is 2.28. The molecule has 1 atom stereocenters. The highest BCUT2D eigenvalue weighted by atomic mass is 79.9. The Balaban J connectivity index is 2.20. The summed E-state index contributed by atoms with van der Waals surface area (Å²) in [6, 6.07) is 4.35. The van der Waals surface area contributed by atoms with E-state index in [1.807, 2.05) is 6.92 Å². The zero-order valence-electron chi connectivity index (χ0n) is 10.8. The lowest BCUT2D eigenvalue weighted by Gasteiger charge is -2.07. The van der Waals surface area contributed by atoms with E-state index in [1.54, 1.807) is 6.07 Å². The molecule has 0 spiro atoms. The van der Waals surface area contributed by atoms with Gasteiger partial charge in [-0.25, -0.2) is 4.39 Å². The largest absolute Gasteiger partial charge is 0.419 e. The van der Waals surface area contributed by atoms with Gasteiger partial charge in [-0.2, -0.15) is 0 Å². The first-order chi connectivity index (χ1) is 9.11. The second-order valence-corrected chi connectivity index (χ2v) is 5.10. The summed E-state index contributed by atoms with van der Waals surface area (Å²) in [5.74, 6) is 0.597. The van der Waals surface area contributed by atoms with E-state index in [-0.39, 0.29) is 11.9 Å². The van der Waals surface area contributed by atoms with Gasteiger partial charge in [0, 0.05) is 4.47 Å². The molecule has 1 aromatic heterocycles. The van der Waals surface area contributed by atoms with Gasteiger partial charge in [-0.3, -0.25) is 0 Å². The third-order valence-electron chi connectivity index (χ3n) is 2.67. The second kappa shape index (κ2) is 6.25. The average Bonchev–Trinajstić information content (AvgIpc) is 2.85. The van der Waals surface area contributed by atoms with Crippen molar-refractivity contribution in [2.75, 3.05) is 6.54 Å². The van der Waals surface area contributed by atoms with E-state index >= 15 is 0 Å². The minimum absolute atomic E-state index is 0.000392. The maximum absolute atomic E-state index is 13.0. The average molecular weight is 328 g/mol. The van der Waals surface area contributed by atoms with E-state index in [2.05, 4.69) is 38.4 Å². The van der Waals surface area contributed by atoms with E-state index in [4.69, 9.17) is 4.42 Å². The molecule has 1 aromatic carbocycles. The quantitative estimate of drug-likeness (QED) is 0.909. The van der Waals surface area contributed by atoms with Crippen molar-refractivity contribution in [3.8, 4) is 11.5 Å². The molecule has 1 heterocycles. The van der Waals surface area contributed by atoms with Gasteiger partial charge in [0.25, 0.3) is 0 Å². The van der Waals surface area contributed by atoms with Gasteiger partial charge in [-0.1, -0.05) is 6.92 Å². The Labute approximate surface area is 119 Å². The van der Waals surface area contributed by atoms with Crippen LogP contribution in [0.4, 0.5) is 4.39 Å². The Morgan fingerprint density at radius 3 is 2.89 bits per heavy atom. The van der Waals surface area contributed by atoms with Gasteiger partial charge >= 0.3 is 0 Å². The van der Waals surface area contributed by atoms with Crippen LogP contribution in [0.3, 0.4) is 0 Å². The van der Waals surface area contributed by atoms with Crippen molar-refractivity contribution in [3.63, 3.8) is 0 Å². The predicted octanol–water partition coefficient (Wildman–Crippen LogP) is 3.70. The lowest BCUT2D eigenvalue weighted by Crippen LogP contribution is -2.19. The van der Waals surface area contributed by atoms with Gasteiger partial charge in [0.2, 0.25) is 11.8 Å². The van der Waals surface area contributed by atoms with Gasteiger partial charge < -0.3 is 9.73 Å². The van der Waals surface area contributed by atoms with E-state index in [0.717, 1.165) is 13.0 Å². The molecule has 0 bridgehead atoms. The zero-order chi connectivity index (χ0) is 13.8. The van der Waals surface area contributed by atoms with Crippen molar-refractivity contribution in [2.45, 2.75) is 26.3 Å². The minimum atomic E-state index is -0.312. The second-order valence-electron chi connectivity index (χ2n) is 4.25. The topological polar surface area (TPSA) is 51.0 Å². The number of halogens is 2.